The molecule has 0 radical (unpaired) electrons. The molecule has 0 bridgehead atoms. The molecule has 0 saturated heterocycles. The highest BCUT2D eigenvalue weighted by Crippen LogP contribution is 2.28. The maximum atomic E-state index is 11.7. The number of fused-ring (bicyclic) bond motifs is 1. The number of anilines is 2. The number of aliphatic hydroxyl groups excluding tert-OH is 1. The van der Waals surface area contributed by atoms with E-state index in [1.54, 1.807) is 12.1 Å². The number of primary sulfonamides is 1. The second-order valence-electron chi connectivity index (χ2n) is 8.45. The number of nitrogens with one attached hydrogen (secondary N) is 1. The highest BCUT2D eigenvalue weighted by molar-refractivity contribution is 7.89. The standard InChI is InChI=1S/C21H31N5O3S/c1-13(2)18-10-20(25-21(23-18)24-19(12-27)14(3)4)26-8-7-15-5-6-17(30(22,28)29)9-16(15)11-26/h5-6,9-10,13-14,19,27H,7-8,11-12H2,1-4H3,(H2,22,28,29)(H,23,24,25)/t19-/m1/s1. The van der Waals surface area contributed by atoms with Crippen molar-refractivity contribution in [1.29, 1.82) is 0 Å². The molecule has 164 valence electrons. The van der Waals surface area contributed by atoms with E-state index in [0.29, 0.717) is 12.5 Å². The van der Waals surface area contributed by atoms with Crippen molar-refractivity contribution in [3.8, 4) is 0 Å². The lowest BCUT2D eigenvalue weighted by Gasteiger charge is -2.31. The van der Waals surface area contributed by atoms with E-state index < -0.39 is 10.0 Å². The van der Waals surface area contributed by atoms with Crippen LogP contribution in [0.5, 0.6) is 0 Å². The fourth-order valence-electron chi connectivity index (χ4n) is 3.47. The monoisotopic (exact) mass is 433 g/mol. The highest BCUT2D eigenvalue weighted by atomic mass is 32.2. The first-order valence-corrected chi connectivity index (χ1v) is 11.8. The number of rotatable bonds is 7. The first-order valence-electron chi connectivity index (χ1n) is 10.2. The Hall–Kier alpha value is -2.23. The van der Waals surface area contributed by atoms with Gasteiger partial charge in [0.25, 0.3) is 0 Å². The van der Waals surface area contributed by atoms with Gasteiger partial charge in [-0.2, -0.15) is 4.98 Å². The SMILES string of the molecule is CC(C)c1cc(N2CCc3ccc(S(N)(=O)=O)cc3C2)nc(N[C@H](CO)C(C)C)n1. The van der Waals surface area contributed by atoms with E-state index in [2.05, 4.69) is 29.0 Å². The van der Waals surface area contributed by atoms with Crippen molar-refractivity contribution in [1.82, 2.24) is 9.97 Å². The lowest BCUT2D eigenvalue weighted by Crippen LogP contribution is -2.33. The first kappa shape index (κ1) is 22.5. The lowest BCUT2D eigenvalue weighted by atomic mass is 10.00. The summed E-state index contributed by atoms with van der Waals surface area (Å²) in [6.45, 7) is 9.52. The Morgan fingerprint density at radius 2 is 1.90 bits per heavy atom. The summed E-state index contributed by atoms with van der Waals surface area (Å²) >= 11 is 0. The van der Waals surface area contributed by atoms with Gasteiger partial charge in [-0.1, -0.05) is 33.8 Å². The molecule has 9 heteroatoms. The van der Waals surface area contributed by atoms with E-state index in [-0.39, 0.29) is 29.4 Å². The highest BCUT2D eigenvalue weighted by Gasteiger charge is 2.22. The molecule has 0 amide bonds. The Kier molecular flexibility index (Phi) is 6.64. The number of hydrogen-bond donors (Lipinski definition) is 3. The van der Waals surface area contributed by atoms with Crippen molar-refractivity contribution >= 4 is 21.8 Å². The van der Waals surface area contributed by atoms with Crippen LogP contribution in [0.25, 0.3) is 0 Å². The minimum atomic E-state index is -3.75. The van der Waals surface area contributed by atoms with Crippen LogP contribution in [0.4, 0.5) is 11.8 Å². The Labute approximate surface area is 178 Å². The van der Waals surface area contributed by atoms with Gasteiger partial charge in [-0.05, 0) is 41.5 Å². The second kappa shape index (κ2) is 8.87. The summed E-state index contributed by atoms with van der Waals surface area (Å²) < 4.78 is 23.5. The van der Waals surface area contributed by atoms with Crippen LogP contribution < -0.4 is 15.4 Å². The molecule has 4 N–H and O–H groups in total. The Bertz CT molecular complexity index is 1010. The molecule has 1 atom stereocenters. The fourth-order valence-corrected chi connectivity index (χ4v) is 4.03. The van der Waals surface area contributed by atoms with Crippen LogP contribution in [0.15, 0.2) is 29.2 Å². The largest absolute Gasteiger partial charge is 0.394 e. The number of hydrogen-bond acceptors (Lipinski definition) is 7. The van der Waals surface area contributed by atoms with Crippen LogP contribution in [-0.4, -0.2) is 42.7 Å². The van der Waals surface area contributed by atoms with E-state index in [1.165, 1.54) is 0 Å². The summed E-state index contributed by atoms with van der Waals surface area (Å²) in [4.78, 5) is 11.6. The van der Waals surface area contributed by atoms with Crippen LogP contribution in [-0.2, 0) is 23.0 Å². The van der Waals surface area contributed by atoms with Crippen molar-refractivity contribution in [3.05, 3.63) is 41.1 Å². The molecular formula is C21H31N5O3S. The van der Waals surface area contributed by atoms with Gasteiger partial charge in [-0.3, -0.25) is 0 Å². The fraction of sp³-hybridized carbons (Fsp3) is 0.524. The van der Waals surface area contributed by atoms with Gasteiger partial charge in [0.15, 0.2) is 0 Å². The van der Waals surface area contributed by atoms with E-state index in [0.717, 1.165) is 35.6 Å². The molecule has 1 aliphatic rings. The number of benzene rings is 1. The van der Waals surface area contributed by atoms with Gasteiger partial charge < -0.3 is 15.3 Å². The summed E-state index contributed by atoms with van der Waals surface area (Å²) in [7, 11) is -3.75. The minimum Gasteiger partial charge on any atom is -0.394 e. The van der Waals surface area contributed by atoms with E-state index >= 15 is 0 Å². The zero-order valence-corrected chi connectivity index (χ0v) is 18.8. The number of sulfonamides is 1. The van der Waals surface area contributed by atoms with Gasteiger partial charge >= 0.3 is 0 Å². The van der Waals surface area contributed by atoms with Gasteiger partial charge in [0.1, 0.15) is 5.82 Å². The third kappa shape index (κ3) is 5.08. The summed E-state index contributed by atoms with van der Waals surface area (Å²) in [5.74, 6) is 1.71. The molecule has 8 nitrogen and oxygen atoms in total. The first-order chi connectivity index (χ1) is 14.1. The third-order valence-corrected chi connectivity index (χ3v) is 6.39. The third-order valence-electron chi connectivity index (χ3n) is 5.48. The van der Waals surface area contributed by atoms with Gasteiger partial charge in [0.05, 0.1) is 23.2 Å². The number of nitrogens with zero attached hydrogens (tertiary/aromatic N) is 3. The maximum absolute atomic E-state index is 11.7. The smallest absolute Gasteiger partial charge is 0.238 e. The molecule has 30 heavy (non-hydrogen) atoms. The molecule has 0 saturated carbocycles. The molecular weight excluding hydrogens is 402 g/mol. The zero-order chi connectivity index (χ0) is 22.1. The number of nitrogens with two attached hydrogens (primary N) is 1. The summed E-state index contributed by atoms with van der Waals surface area (Å²) in [5, 5.41) is 18.2. The van der Waals surface area contributed by atoms with Crippen LogP contribution in [0.2, 0.25) is 0 Å². The molecule has 0 unspecified atom stereocenters. The molecule has 3 rings (SSSR count). The zero-order valence-electron chi connectivity index (χ0n) is 18.0. The van der Waals surface area contributed by atoms with E-state index in [9.17, 15) is 13.5 Å². The van der Waals surface area contributed by atoms with Crippen molar-refractivity contribution in [2.75, 3.05) is 23.4 Å². The Balaban J connectivity index is 1.93. The van der Waals surface area contributed by atoms with Crippen molar-refractivity contribution < 1.29 is 13.5 Å². The number of aliphatic hydroxyl groups is 1. The molecule has 0 fully saturated rings. The second-order valence-corrected chi connectivity index (χ2v) is 10.0. The molecule has 1 aromatic carbocycles. The predicted molar refractivity (Wildman–Crippen MR) is 118 cm³/mol. The van der Waals surface area contributed by atoms with E-state index in [4.69, 9.17) is 10.1 Å². The van der Waals surface area contributed by atoms with Crippen LogP contribution in [0.1, 0.15) is 50.4 Å². The normalized spacial score (nSPS) is 15.4. The summed E-state index contributed by atoms with van der Waals surface area (Å²) in [6, 6.07) is 6.90. The van der Waals surface area contributed by atoms with Crippen molar-refractivity contribution in [2.24, 2.45) is 11.1 Å². The van der Waals surface area contributed by atoms with Gasteiger partial charge in [0, 0.05) is 19.2 Å². The molecule has 2 aromatic rings. The molecule has 1 aromatic heterocycles. The average molecular weight is 434 g/mol. The Morgan fingerprint density at radius 1 is 1.17 bits per heavy atom. The number of aromatic nitrogens is 2. The quantitative estimate of drug-likeness (QED) is 0.612. The molecule has 1 aliphatic heterocycles. The summed E-state index contributed by atoms with van der Waals surface area (Å²) in [6.07, 6.45) is 0.787. The Morgan fingerprint density at radius 3 is 2.50 bits per heavy atom. The average Bonchev–Trinajstić information content (AvgIpc) is 2.70. The van der Waals surface area contributed by atoms with Gasteiger partial charge in [-0.25, -0.2) is 18.5 Å². The predicted octanol–water partition coefficient (Wildman–Crippen LogP) is 2.24. The van der Waals surface area contributed by atoms with Crippen LogP contribution in [0.3, 0.4) is 0 Å². The van der Waals surface area contributed by atoms with Crippen LogP contribution >= 0.6 is 0 Å². The minimum absolute atomic E-state index is 0.00427. The van der Waals surface area contributed by atoms with E-state index in [1.807, 2.05) is 26.0 Å². The topological polar surface area (TPSA) is 121 Å². The molecule has 2 heterocycles. The van der Waals surface area contributed by atoms with Gasteiger partial charge in [-0.15, -0.1) is 0 Å². The summed E-state index contributed by atoms with van der Waals surface area (Å²) in [5.41, 5.74) is 2.96. The molecule has 0 aliphatic carbocycles. The van der Waals surface area contributed by atoms with Crippen molar-refractivity contribution in [3.63, 3.8) is 0 Å². The lowest BCUT2D eigenvalue weighted by molar-refractivity contribution is 0.248. The van der Waals surface area contributed by atoms with Gasteiger partial charge in [0.2, 0.25) is 16.0 Å². The molecule has 0 spiro atoms. The maximum Gasteiger partial charge on any atom is 0.238 e. The van der Waals surface area contributed by atoms with Crippen LogP contribution in [0, 0.1) is 5.92 Å². The van der Waals surface area contributed by atoms with Crippen molar-refractivity contribution in [2.45, 2.75) is 57.5 Å².